The summed E-state index contributed by atoms with van der Waals surface area (Å²) in [5.41, 5.74) is 0.673. The van der Waals surface area contributed by atoms with Gasteiger partial charge in [0, 0.05) is 31.1 Å². The fourth-order valence-corrected chi connectivity index (χ4v) is 2.64. The predicted molar refractivity (Wildman–Crippen MR) is 80.8 cm³/mol. The summed E-state index contributed by atoms with van der Waals surface area (Å²) in [5.74, 6) is -0.516. The first-order valence-electron chi connectivity index (χ1n) is 7.01. The molecule has 1 aromatic heterocycles. The zero-order valence-corrected chi connectivity index (χ0v) is 12.2. The van der Waals surface area contributed by atoms with E-state index in [4.69, 9.17) is 0 Å². The van der Waals surface area contributed by atoms with Crippen molar-refractivity contribution in [3.05, 3.63) is 30.1 Å². The van der Waals surface area contributed by atoms with E-state index < -0.39 is 5.97 Å². The minimum atomic E-state index is -1.09. The molecule has 2 aromatic rings. The Morgan fingerprint density at radius 2 is 2.05 bits per heavy atom. The highest BCUT2D eigenvalue weighted by Gasteiger charge is 2.24. The molecule has 2 heterocycles. The molecule has 0 amide bonds. The van der Waals surface area contributed by atoms with E-state index in [1.54, 1.807) is 0 Å². The number of aromatic nitrogens is 2. The standard InChI is InChI=1S/C15H18N4O2/c1-10-9-19(8-7-18(10)2)14-11-5-3-4-6-12(11)16-13(17-14)15(20)21/h3-6,10H,7-9H2,1-2H3,(H,20,21). The van der Waals surface area contributed by atoms with E-state index in [0.717, 1.165) is 30.8 Å². The molecule has 1 aromatic carbocycles. The van der Waals surface area contributed by atoms with Crippen LogP contribution in [0.1, 0.15) is 17.5 Å². The lowest BCUT2D eigenvalue weighted by Crippen LogP contribution is -2.50. The Bertz CT molecular complexity index is 688. The summed E-state index contributed by atoms with van der Waals surface area (Å²) in [6, 6.07) is 7.96. The third-order valence-corrected chi connectivity index (χ3v) is 4.03. The zero-order chi connectivity index (χ0) is 15.0. The molecule has 1 saturated heterocycles. The van der Waals surface area contributed by atoms with Gasteiger partial charge < -0.3 is 14.9 Å². The third-order valence-electron chi connectivity index (χ3n) is 4.03. The van der Waals surface area contributed by atoms with Crippen molar-refractivity contribution < 1.29 is 9.90 Å². The lowest BCUT2D eigenvalue weighted by molar-refractivity contribution is 0.0684. The van der Waals surface area contributed by atoms with Gasteiger partial charge in [-0.1, -0.05) is 12.1 Å². The van der Waals surface area contributed by atoms with Gasteiger partial charge in [0.25, 0.3) is 0 Å². The molecule has 1 aliphatic heterocycles. The molecular weight excluding hydrogens is 268 g/mol. The highest BCUT2D eigenvalue weighted by Crippen LogP contribution is 2.25. The molecule has 0 bridgehead atoms. The van der Waals surface area contributed by atoms with Crippen LogP contribution in [0.4, 0.5) is 5.82 Å². The minimum absolute atomic E-state index is 0.143. The average Bonchev–Trinajstić information content (AvgIpc) is 2.49. The van der Waals surface area contributed by atoms with Crippen LogP contribution in [0.5, 0.6) is 0 Å². The number of rotatable bonds is 2. The van der Waals surface area contributed by atoms with Gasteiger partial charge in [-0.25, -0.2) is 14.8 Å². The van der Waals surface area contributed by atoms with Gasteiger partial charge in [0.2, 0.25) is 5.82 Å². The summed E-state index contributed by atoms with van der Waals surface area (Å²) in [6.07, 6.45) is 0. The highest BCUT2D eigenvalue weighted by molar-refractivity contribution is 5.93. The maximum atomic E-state index is 11.2. The van der Waals surface area contributed by atoms with Crippen molar-refractivity contribution in [1.82, 2.24) is 14.9 Å². The molecule has 1 N–H and O–H groups in total. The first-order valence-corrected chi connectivity index (χ1v) is 7.01. The molecule has 1 atom stereocenters. The molecule has 6 heteroatoms. The summed E-state index contributed by atoms with van der Waals surface area (Å²) in [6.45, 7) is 4.76. The van der Waals surface area contributed by atoms with Gasteiger partial charge >= 0.3 is 5.97 Å². The van der Waals surface area contributed by atoms with Crippen molar-refractivity contribution in [2.24, 2.45) is 0 Å². The van der Waals surface area contributed by atoms with Crippen molar-refractivity contribution in [2.75, 3.05) is 31.6 Å². The molecule has 0 spiro atoms. The maximum Gasteiger partial charge on any atom is 0.374 e. The monoisotopic (exact) mass is 286 g/mol. The number of carbonyl (C=O) groups is 1. The topological polar surface area (TPSA) is 69.6 Å². The van der Waals surface area contributed by atoms with E-state index in [1.165, 1.54) is 0 Å². The number of carboxylic acid groups (broad SMARTS) is 1. The largest absolute Gasteiger partial charge is 0.475 e. The third kappa shape index (κ3) is 2.54. The van der Waals surface area contributed by atoms with E-state index in [2.05, 4.69) is 33.7 Å². The molecule has 0 radical (unpaired) electrons. The van der Waals surface area contributed by atoms with Crippen LogP contribution in [-0.4, -0.2) is 58.7 Å². The lowest BCUT2D eigenvalue weighted by atomic mass is 10.1. The number of anilines is 1. The van der Waals surface area contributed by atoms with Gasteiger partial charge in [-0.05, 0) is 26.1 Å². The van der Waals surface area contributed by atoms with Crippen LogP contribution >= 0.6 is 0 Å². The SMILES string of the molecule is CC1CN(c2nc(C(=O)O)nc3ccccc23)CCN1C. The molecular formula is C15H18N4O2. The Hall–Kier alpha value is -2.21. The van der Waals surface area contributed by atoms with Crippen LogP contribution < -0.4 is 4.90 Å². The lowest BCUT2D eigenvalue weighted by Gasteiger charge is -2.38. The van der Waals surface area contributed by atoms with Crippen LogP contribution in [0.25, 0.3) is 10.9 Å². The number of carboxylic acids is 1. The molecule has 1 fully saturated rings. The number of hydrogen-bond donors (Lipinski definition) is 1. The second-order valence-corrected chi connectivity index (χ2v) is 5.47. The van der Waals surface area contributed by atoms with Crippen LogP contribution in [-0.2, 0) is 0 Å². The first-order chi connectivity index (χ1) is 10.1. The van der Waals surface area contributed by atoms with Crippen molar-refractivity contribution in [3.8, 4) is 0 Å². The maximum absolute atomic E-state index is 11.2. The molecule has 0 saturated carbocycles. The van der Waals surface area contributed by atoms with Gasteiger partial charge in [-0.3, -0.25) is 0 Å². The number of aromatic carboxylic acids is 1. The van der Waals surface area contributed by atoms with Crippen molar-refractivity contribution in [2.45, 2.75) is 13.0 Å². The molecule has 6 nitrogen and oxygen atoms in total. The molecule has 1 aliphatic rings. The van der Waals surface area contributed by atoms with Gasteiger partial charge in [0.15, 0.2) is 0 Å². The first kappa shape index (κ1) is 13.8. The van der Waals surface area contributed by atoms with Gasteiger partial charge in [-0.2, -0.15) is 0 Å². The molecule has 0 aliphatic carbocycles. The van der Waals surface area contributed by atoms with Crippen LogP contribution in [0.15, 0.2) is 24.3 Å². The van der Waals surface area contributed by atoms with Crippen LogP contribution in [0.2, 0.25) is 0 Å². The predicted octanol–water partition coefficient (Wildman–Crippen LogP) is 1.47. The number of nitrogens with zero attached hydrogens (tertiary/aromatic N) is 4. The van der Waals surface area contributed by atoms with E-state index in [1.807, 2.05) is 24.3 Å². The Balaban J connectivity index is 2.10. The summed E-state index contributed by atoms with van der Waals surface area (Å²) >= 11 is 0. The molecule has 21 heavy (non-hydrogen) atoms. The van der Waals surface area contributed by atoms with E-state index in [-0.39, 0.29) is 5.82 Å². The molecule has 110 valence electrons. The fourth-order valence-electron chi connectivity index (χ4n) is 2.64. The van der Waals surface area contributed by atoms with E-state index in [9.17, 15) is 9.90 Å². The Morgan fingerprint density at radius 1 is 1.29 bits per heavy atom. The fraction of sp³-hybridized carbons (Fsp3) is 0.400. The number of hydrogen-bond acceptors (Lipinski definition) is 5. The van der Waals surface area contributed by atoms with Crippen molar-refractivity contribution in [1.29, 1.82) is 0 Å². The van der Waals surface area contributed by atoms with Crippen molar-refractivity contribution >= 4 is 22.7 Å². The Labute approximate surface area is 123 Å². The molecule has 1 unspecified atom stereocenters. The number of fused-ring (bicyclic) bond motifs is 1. The van der Waals surface area contributed by atoms with Crippen LogP contribution in [0, 0.1) is 0 Å². The molecule has 3 rings (SSSR count). The summed E-state index contributed by atoms with van der Waals surface area (Å²) in [4.78, 5) is 24.1. The summed E-state index contributed by atoms with van der Waals surface area (Å²) in [7, 11) is 2.10. The quantitative estimate of drug-likeness (QED) is 0.901. The Morgan fingerprint density at radius 3 is 2.76 bits per heavy atom. The number of benzene rings is 1. The van der Waals surface area contributed by atoms with Gasteiger partial charge in [-0.15, -0.1) is 0 Å². The number of likely N-dealkylation sites (N-methyl/N-ethyl adjacent to an activating group) is 1. The van der Waals surface area contributed by atoms with Gasteiger partial charge in [0.05, 0.1) is 5.52 Å². The summed E-state index contributed by atoms with van der Waals surface area (Å²) < 4.78 is 0. The van der Waals surface area contributed by atoms with Gasteiger partial charge in [0.1, 0.15) is 5.82 Å². The normalized spacial score (nSPS) is 19.9. The second-order valence-electron chi connectivity index (χ2n) is 5.47. The second kappa shape index (κ2) is 5.29. The summed E-state index contributed by atoms with van der Waals surface area (Å²) in [5, 5.41) is 10.1. The van der Waals surface area contributed by atoms with Crippen molar-refractivity contribution in [3.63, 3.8) is 0 Å². The van der Waals surface area contributed by atoms with E-state index >= 15 is 0 Å². The zero-order valence-electron chi connectivity index (χ0n) is 12.2. The van der Waals surface area contributed by atoms with Crippen LogP contribution in [0.3, 0.4) is 0 Å². The van der Waals surface area contributed by atoms with E-state index in [0.29, 0.717) is 11.6 Å². The smallest absolute Gasteiger partial charge is 0.374 e. The number of piperazine rings is 1. The minimum Gasteiger partial charge on any atom is -0.475 e. The number of para-hydroxylation sites is 1. The highest BCUT2D eigenvalue weighted by atomic mass is 16.4. The Kier molecular flexibility index (Phi) is 3.47. The average molecular weight is 286 g/mol.